The second kappa shape index (κ2) is 7.99. The largest absolute Gasteiger partial charge is 0.322 e. The molecule has 30 heavy (non-hydrogen) atoms. The Morgan fingerprint density at radius 2 is 1.73 bits per heavy atom. The van der Waals surface area contributed by atoms with Crippen molar-refractivity contribution in [3.63, 3.8) is 0 Å². The van der Waals surface area contributed by atoms with E-state index in [-0.39, 0.29) is 16.8 Å². The first-order chi connectivity index (χ1) is 14.3. The van der Waals surface area contributed by atoms with Crippen LogP contribution in [0.5, 0.6) is 0 Å². The zero-order valence-corrected chi connectivity index (χ0v) is 18.9. The lowest BCUT2D eigenvalue weighted by Gasteiger charge is -2.24. The minimum Gasteiger partial charge on any atom is -0.322 e. The van der Waals surface area contributed by atoms with Gasteiger partial charge in [-0.25, -0.2) is 12.8 Å². The van der Waals surface area contributed by atoms with Crippen LogP contribution < -0.4 is 9.62 Å². The Labute approximate surface area is 188 Å². The van der Waals surface area contributed by atoms with E-state index >= 15 is 0 Å². The third-order valence-corrected chi connectivity index (χ3v) is 7.63. The summed E-state index contributed by atoms with van der Waals surface area (Å²) in [4.78, 5) is 12.7. The monoisotopic (exact) mass is 536 g/mol. The molecule has 0 fully saturated rings. The van der Waals surface area contributed by atoms with Gasteiger partial charge in [0.25, 0.3) is 15.9 Å². The first-order valence-corrected chi connectivity index (χ1v) is 11.8. The van der Waals surface area contributed by atoms with Gasteiger partial charge in [-0.1, -0.05) is 0 Å². The van der Waals surface area contributed by atoms with Crippen molar-refractivity contribution in [2.24, 2.45) is 0 Å². The van der Waals surface area contributed by atoms with Gasteiger partial charge in [0.1, 0.15) is 5.82 Å². The summed E-state index contributed by atoms with van der Waals surface area (Å²) in [6.07, 6.45) is 0.487. The maximum absolute atomic E-state index is 13.2. The molecule has 0 radical (unpaired) electrons. The van der Waals surface area contributed by atoms with Gasteiger partial charge in [-0.05, 0) is 108 Å². The number of anilines is 2. The number of fused-ring (bicyclic) bond motifs is 1. The molecule has 0 aliphatic carbocycles. The zero-order valence-electron chi connectivity index (χ0n) is 16.0. The molecular formula is C22H18FIN2O3S. The summed E-state index contributed by atoms with van der Waals surface area (Å²) in [5.41, 5.74) is 2.47. The summed E-state index contributed by atoms with van der Waals surface area (Å²) >= 11 is 2.19. The molecule has 1 aliphatic heterocycles. The quantitative estimate of drug-likeness (QED) is 0.487. The number of carbonyl (C=O) groups is 1. The van der Waals surface area contributed by atoms with E-state index in [2.05, 4.69) is 27.9 Å². The van der Waals surface area contributed by atoms with Crippen molar-refractivity contribution in [2.75, 3.05) is 9.62 Å². The van der Waals surface area contributed by atoms with Crippen LogP contribution in [-0.4, -0.2) is 20.4 Å². The van der Waals surface area contributed by atoms with E-state index < -0.39 is 15.8 Å². The number of hydrogen-bond donors (Lipinski definition) is 1. The van der Waals surface area contributed by atoms with Crippen LogP contribution in [0.25, 0.3) is 0 Å². The van der Waals surface area contributed by atoms with Gasteiger partial charge in [0, 0.05) is 20.9 Å². The predicted octanol–water partition coefficient (Wildman–Crippen LogP) is 4.82. The predicted molar refractivity (Wildman–Crippen MR) is 123 cm³/mol. The van der Waals surface area contributed by atoms with E-state index in [9.17, 15) is 17.6 Å². The number of nitrogens with zero attached hydrogens (tertiary/aromatic N) is 1. The molecule has 5 nitrogen and oxygen atoms in total. The van der Waals surface area contributed by atoms with Crippen LogP contribution in [0.2, 0.25) is 0 Å². The summed E-state index contributed by atoms with van der Waals surface area (Å²) < 4.78 is 41.9. The third-order valence-electron chi connectivity index (χ3n) is 4.97. The highest BCUT2D eigenvalue weighted by molar-refractivity contribution is 14.1. The SMILES string of the molecule is C[C@H]1Cc2cc(C(=O)Nc3ccc(I)cc3)ccc2N1S(=O)(=O)c1ccc(F)cc1. The number of nitrogens with one attached hydrogen (secondary N) is 1. The molecule has 0 saturated carbocycles. The number of sulfonamides is 1. The number of carbonyl (C=O) groups excluding carboxylic acids is 1. The molecule has 3 aromatic carbocycles. The summed E-state index contributed by atoms with van der Waals surface area (Å²) in [7, 11) is -3.84. The highest BCUT2D eigenvalue weighted by Gasteiger charge is 2.36. The van der Waals surface area contributed by atoms with Crippen LogP contribution in [0, 0.1) is 9.39 Å². The fourth-order valence-corrected chi connectivity index (χ4v) is 5.62. The van der Waals surface area contributed by atoms with Crippen molar-refractivity contribution < 1.29 is 17.6 Å². The van der Waals surface area contributed by atoms with Gasteiger partial charge in [-0.15, -0.1) is 0 Å². The van der Waals surface area contributed by atoms with Gasteiger partial charge in [-0.3, -0.25) is 9.10 Å². The Hall–Kier alpha value is -2.46. The van der Waals surface area contributed by atoms with Crippen LogP contribution in [0.3, 0.4) is 0 Å². The van der Waals surface area contributed by atoms with Crippen LogP contribution in [-0.2, 0) is 16.4 Å². The number of rotatable bonds is 4. The van der Waals surface area contributed by atoms with Crippen molar-refractivity contribution in [1.29, 1.82) is 0 Å². The van der Waals surface area contributed by atoms with E-state index in [1.807, 2.05) is 31.2 Å². The number of amides is 1. The lowest BCUT2D eigenvalue weighted by Crippen LogP contribution is -2.35. The maximum Gasteiger partial charge on any atom is 0.264 e. The van der Waals surface area contributed by atoms with Crippen molar-refractivity contribution in [2.45, 2.75) is 24.3 Å². The van der Waals surface area contributed by atoms with E-state index in [1.165, 1.54) is 16.4 Å². The van der Waals surface area contributed by atoms with E-state index in [0.29, 0.717) is 23.4 Å². The average molecular weight is 536 g/mol. The molecule has 1 aliphatic rings. The Kier molecular flexibility index (Phi) is 5.54. The van der Waals surface area contributed by atoms with Crippen molar-refractivity contribution in [3.8, 4) is 0 Å². The van der Waals surface area contributed by atoms with Gasteiger partial charge < -0.3 is 5.32 Å². The molecule has 1 N–H and O–H groups in total. The van der Waals surface area contributed by atoms with Crippen molar-refractivity contribution in [1.82, 2.24) is 0 Å². The number of benzene rings is 3. The summed E-state index contributed by atoms with van der Waals surface area (Å²) in [5.74, 6) is -0.751. The molecule has 0 spiro atoms. The first-order valence-electron chi connectivity index (χ1n) is 9.25. The lowest BCUT2D eigenvalue weighted by atomic mass is 10.1. The molecule has 1 atom stereocenters. The molecule has 0 aromatic heterocycles. The van der Waals surface area contributed by atoms with E-state index in [1.54, 1.807) is 18.2 Å². The maximum atomic E-state index is 13.2. The van der Waals surface area contributed by atoms with Gasteiger partial charge in [0.15, 0.2) is 0 Å². The molecule has 3 aromatic rings. The Morgan fingerprint density at radius 1 is 1.07 bits per heavy atom. The minimum absolute atomic E-state index is 0.0316. The number of halogens is 2. The minimum atomic E-state index is -3.84. The highest BCUT2D eigenvalue weighted by Crippen LogP contribution is 2.37. The topological polar surface area (TPSA) is 66.5 Å². The van der Waals surface area contributed by atoms with E-state index in [4.69, 9.17) is 0 Å². The molecular weight excluding hydrogens is 518 g/mol. The molecule has 154 valence electrons. The molecule has 1 amide bonds. The molecule has 0 unspecified atom stereocenters. The Morgan fingerprint density at radius 3 is 2.40 bits per heavy atom. The van der Waals surface area contributed by atoms with Crippen LogP contribution in [0.15, 0.2) is 71.6 Å². The highest BCUT2D eigenvalue weighted by atomic mass is 127. The van der Waals surface area contributed by atoms with Crippen LogP contribution in [0.4, 0.5) is 15.8 Å². The standard InChI is InChI=1S/C22H18FIN2O3S/c1-14-12-16-13-15(22(27)25-19-7-5-18(24)6-8-19)2-11-21(16)26(14)30(28,29)20-9-3-17(23)4-10-20/h2-11,13-14H,12H2,1H3,(H,25,27)/t14-/m0/s1. The normalized spacial score (nSPS) is 15.7. The first kappa shape index (κ1) is 20.8. The van der Waals surface area contributed by atoms with Crippen molar-refractivity contribution >= 4 is 49.9 Å². The summed E-state index contributed by atoms with van der Waals surface area (Å²) in [5, 5.41) is 2.85. The fraction of sp³-hybridized carbons (Fsp3) is 0.136. The average Bonchev–Trinajstić information content (AvgIpc) is 3.05. The van der Waals surface area contributed by atoms with Crippen LogP contribution in [0.1, 0.15) is 22.8 Å². The Bertz CT molecular complexity index is 1210. The molecule has 4 rings (SSSR count). The summed E-state index contributed by atoms with van der Waals surface area (Å²) in [6, 6.07) is 16.9. The summed E-state index contributed by atoms with van der Waals surface area (Å²) in [6.45, 7) is 1.81. The van der Waals surface area contributed by atoms with Gasteiger partial charge >= 0.3 is 0 Å². The molecule has 1 heterocycles. The van der Waals surface area contributed by atoms with Gasteiger partial charge in [0.05, 0.1) is 10.6 Å². The second-order valence-electron chi connectivity index (χ2n) is 7.11. The zero-order chi connectivity index (χ0) is 21.5. The van der Waals surface area contributed by atoms with E-state index in [0.717, 1.165) is 21.3 Å². The Balaban J connectivity index is 1.62. The van der Waals surface area contributed by atoms with Crippen LogP contribution >= 0.6 is 22.6 Å². The second-order valence-corrected chi connectivity index (χ2v) is 10.2. The fourth-order valence-electron chi connectivity index (χ4n) is 3.57. The van der Waals surface area contributed by atoms with Gasteiger partial charge in [0.2, 0.25) is 0 Å². The molecule has 0 bridgehead atoms. The van der Waals surface area contributed by atoms with Gasteiger partial charge in [-0.2, -0.15) is 0 Å². The smallest absolute Gasteiger partial charge is 0.264 e. The third kappa shape index (κ3) is 3.93. The molecule has 8 heteroatoms. The molecule has 0 saturated heterocycles. The van der Waals surface area contributed by atoms with Crippen molar-refractivity contribution in [3.05, 3.63) is 87.2 Å². The number of hydrogen-bond acceptors (Lipinski definition) is 3. The lowest BCUT2D eigenvalue weighted by molar-refractivity contribution is 0.102.